The van der Waals surface area contributed by atoms with Gasteiger partial charge in [0, 0.05) is 58.4 Å². The predicted octanol–water partition coefficient (Wildman–Crippen LogP) is 12.3. The minimum Gasteiger partial charge on any atom is -0.455 e. The van der Waals surface area contributed by atoms with Crippen molar-refractivity contribution >= 4 is 69.1 Å². The SMILES string of the molecule is C=C/C=C(\C=C/N)n1c(N)c(/C=C\CC)c2cc(OC3CCc4cc5oc(O/C(=C/C=C6\Cc7nc(C8=CC=C=C(n9nccn9)N8c8ccccc8)ccc7N6C6C=CC=CCC6)N=C)cc5cc4O3)ccc21. The molecule has 4 aromatic heterocycles. The van der Waals surface area contributed by atoms with Crippen LogP contribution in [0.5, 0.6) is 17.4 Å². The Kier molecular flexibility index (Phi) is 13.1. The molecule has 3 aliphatic heterocycles. The molecular formula is C60H54N10O4. The van der Waals surface area contributed by atoms with Crippen LogP contribution in [0.15, 0.2) is 204 Å². The van der Waals surface area contributed by atoms with Gasteiger partial charge < -0.3 is 35.0 Å². The molecule has 4 aliphatic rings. The van der Waals surface area contributed by atoms with Gasteiger partial charge in [0.15, 0.2) is 0 Å². The van der Waals surface area contributed by atoms with E-state index in [1.807, 2.05) is 108 Å². The summed E-state index contributed by atoms with van der Waals surface area (Å²) in [6, 6.07) is 26.2. The number of aryl methyl sites for hydroxylation is 1. The molecule has 74 heavy (non-hydrogen) atoms. The standard InChI is InChI=1S/C60H54N10O4/c1-4-6-20-47-48-39-46(25-27-51(48)69(60(47)62)42(15-5-2)31-32-61)71-58-30-23-40-35-55-41(36-54(40)72-58)37-59(73-55)74-56(63-3)29-24-45-38-50-53(67(45)43-16-10-7-8-11-17-43)28-26-49(66-50)52-21-14-22-57(70-64-33-34-65-70)68(52)44-18-12-9-13-19-44/h5-10,12-16,18-21,24-29,31-37,39,43,58H,2-4,11,17,23,30,38,61-62H2,1H3/b20-6-,32-31-,42-15+,45-24+,56-29+. The molecule has 3 aromatic carbocycles. The largest absolute Gasteiger partial charge is 0.455 e. The Morgan fingerprint density at radius 2 is 1.89 bits per heavy atom. The Hall–Kier alpha value is -9.52. The van der Waals surface area contributed by atoms with Crippen LogP contribution < -0.4 is 35.5 Å². The van der Waals surface area contributed by atoms with Gasteiger partial charge in [-0.05, 0) is 129 Å². The summed E-state index contributed by atoms with van der Waals surface area (Å²) < 4.78 is 27.5. The number of hydrogen-bond donors (Lipinski definition) is 2. The number of aromatic nitrogens is 5. The van der Waals surface area contributed by atoms with E-state index in [2.05, 4.69) is 93.5 Å². The monoisotopic (exact) mass is 978 g/mol. The third-order valence-corrected chi connectivity index (χ3v) is 13.2. The van der Waals surface area contributed by atoms with Crippen molar-refractivity contribution in [3.63, 3.8) is 0 Å². The molecule has 2 atom stereocenters. The Labute approximate surface area is 428 Å². The first kappa shape index (κ1) is 46.8. The quantitative estimate of drug-likeness (QED) is 0.0435. The number of rotatable bonds is 15. The number of hydrogen-bond acceptors (Lipinski definition) is 12. The van der Waals surface area contributed by atoms with Crippen LogP contribution in [-0.4, -0.2) is 43.6 Å². The van der Waals surface area contributed by atoms with Crippen molar-refractivity contribution in [2.24, 2.45) is 10.7 Å². The molecule has 7 heterocycles. The highest BCUT2D eigenvalue weighted by atomic mass is 16.7. The molecule has 0 radical (unpaired) electrons. The molecule has 0 fully saturated rings. The number of anilines is 3. The normalized spacial score (nSPS) is 18.3. The van der Waals surface area contributed by atoms with Gasteiger partial charge in [0.2, 0.25) is 18.0 Å². The lowest BCUT2D eigenvalue weighted by Gasteiger charge is -2.30. The average Bonchev–Trinajstić information content (AvgIpc) is 4.19. The second-order valence-electron chi connectivity index (χ2n) is 17.8. The number of furan rings is 1. The summed E-state index contributed by atoms with van der Waals surface area (Å²) in [5.74, 6) is 3.20. The Morgan fingerprint density at radius 1 is 1.01 bits per heavy atom. The van der Waals surface area contributed by atoms with Crippen molar-refractivity contribution < 1.29 is 18.6 Å². The number of benzene rings is 3. The molecule has 2 unspecified atom stereocenters. The predicted molar refractivity (Wildman–Crippen MR) is 296 cm³/mol. The highest BCUT2D eigenvalue weighted by Gasteiger charge is 2.32. The number of aliphatic imine (C=N–C) groups is 1. The first-order valence-electron chi connectivity index (χ1n) is 24.7. The minimum absolute atomic E-state index is 0.0982. The molecule has 0 bridgehead atoms. The van der Waals surface area contributed by atoms with E-state index < -0.39 is 6.29 Å². The van der Waals surface area contributed by atoms with Crippen molar-refractivity contribution in [1.29, 1.82) is 0 Å². The average molecular weight is 979 g/mol. The fourth-order valence-electron chi connectivity index (χ4n) is 9.87. The van der Waals surface area contributed by atoms with Crippen LogP contribution >= 0.6 is 0 Å². The van der Waals surface area contributed by atoms with E-state index in [4.69, 9.17) is 35.1 Å². The molecule has 0 amide bonds. The molecule has 1 aliphatic carbocycles. The smallest absolute Gasteiger partial charge is 0.292 e. The third kappa shape index (κ3) is 9.17. The molecule has 7 aromatic rings. The fourth-order valence-corrected chi connectivity index (χ4v) is 9.87. The molecule has 0 saturated carbocycles. The maximum atomic E-state index is 6.78. The zero-order valence-corrected chi connectivity index (χ0v) is 40.9. The molecule has 14 heteroatoms. The molecule has 14 nitrogen and oxygen atoms in total. The van der Waals surface area contributed by atoms with Gasteiger partial charge in [-0.2, -0.15) is 10.2 Å². The maximum absolute atomic E-state index is 6.78. The van der Waals surface area contributed by atoms with Crippen LogP contribution in [0, 0.1) is 0 Å². The fraction of sp³-hybridized carbons (Fsp3) is 0.150. The molecular weight excluding hydrogens is 925 g/mol. The van der Waals surface area contributed by atoms with Crippen molar-refractivity contribution in [1.82, 2.24) is 24.5 Å². The number of nitrogen functional groups attached to an aromatic ring is 1. The van der Waals surface area contributed by atoms with Crippen LogP contribution in [0.25, 0.3) is 45.2 Å². The molecule has 0 saturated heterocycles. The van der Waals surface area contributed by atoms with E-state index >= 15 is 0 Å². The Bertz CT molecular complexity index is 3630. The summed E-state index contributed by atoms with van der Waals surface area (Å²) in [4.78, 5) is 15.6. The number of pyridine rings is 1. The van der Waals surface area contributed by atoms with Gasteiger partial charge in [0.1, 0.15) is 22.9 Å². The summed E-state index contributed by atoms with van der Waals surface area (Å²) in [5.41, 5.74) is 25.9. The van der Waals surface area contributed by atoms with E-state index in [1.165, 1.54) is 6.20 Å². The Balaban J connectivity index is 0.832. The van der Waals surface area contributed by atoms with Gasteiger partial charge in [-0.15, -0.1) is 4.80 Å². The van der Waals surface area contributed by atoms with Gasteiger partial charge >= 0.3 is 0 Å². The van der Waals surface area contributed by atoms with Crippen LogP contribution in [0.3, 0.4) is 0 Å². The van der Waals surface area contributed by atoms with Crippen LogP contribution in [0.1, 0.15) is 55.1 Å². The third-order valence-electron chi connectivity index (χ3n) is 13.2. The molecule has 4 N–H and O–H groups in total. The van der Waals surface area contributed by atoms with Gasteiger partial charge in [-0.1, -0.05) is 80.0 Å². The van der Waals surface area contributed by atoms with E-state index in [9.17, 15) is 0 Å². The number of nitrogens with zero attached hydrogens (tertiary/aromatic N) is 8. The topological polar surface area (TPSA) is 160 Å². The van der Waals surface area contributed by atoms with Gasteiger partial charge in [0.05, 0.1) is 46.7 Å². The number of allylic oxidation sites excluding steroid dienone is 13. The van der Waals surface area contributed by atoms with Crippen molar-refractivity contribution in [3.8, 4) is 17.4 Å². The van der Waals surface area contributed by atoms with Gasteiger partial charge in [0.25, 0.3) is 5.95 Å². The summed E-state index contributed by atoms with van der Waals surface area (Å²) in [7, 11) is 0. The van der Waals surface area contributed by atoms with Crippen LogP contribution in [0.4, 0.5) is 17.2 Å². The summed E-state index contributed by atoms with van der Waals surface area (Å²) in [5, 5.41) is 10.6. The van der Waals surface area contributed by atoms with Crippen molar-refractivity contribution in [2.75, 3.05) is 15.5 Å². The summed E-state index contributed by atoms with van der Waals surface area (Å²) >= 11 is 0. The molecule has 0 spiro atoms. The first-order chi connectivity index (χ1) is 36.4. The second-order valence-corrected chi connectivity index (χ2v) is 17.8. The number of para-hydroxylation sites is 1. The maximum Gasteiger partial charge on any atom is 0.292 e. The van der Waals surface area contributed by atoms with E-state index in [0.29, 0.717) is 35.8 Å². The second kappa shape index (κ2) is 20.7. The lowest BCUT2D eigenvalue weighted by atomic mass is 10.0. The minimum atomic E-state index is -0.522. The number of ether oxygens (including phenoxy) is 3. The number of fused-ring (bicyclic) bond motifs is 4. The Morgan fingerprint density at radius 3 is 2.72 bits per heavy atom. The lowest BCUT2D eigenvalue weighted by Crippen LogP contribution is -2.30. The first-order valence-corrected chi connectivity index (χ1v) is 24.7. The van der Waals surface area contributed by atoms with Gasteiger partial charge in [-0.25, -0.2) is 9.98 Å². The number of nitrogens with two attached hydrogens (primary N) is 2. The highest BCUT2D eigenvalue weighted by Crippen LogP contribution is 2.42. The van der Waals surface area contributed by atoms with Crippen LogP contribution in [0.2, 0.25) is 0 Å². The lowest BCUT2D eigenvalue weighted by molar-refractivity contribution is -0.00957. The summed E-state index contributed by atoms with van der Waals surface area (Å²) in [6.07, 6.45) is 34.9. The summed E-state index contributed by atoms with van der Waals surface area (Å²) in [6.45, 7) is 9.83. The van der Waals surface area contributed by atoms with Crippen LogP contribution in [-0.2, 0) is 12.8 Å². The zero-order valence-electron chi connectivity index (χ0n) is 40.9. The molecule has 11 rings (SSSR count). The van der Waals surface area contributed by atoms with Crippen molar-refractivity contribution in [2.45, 2.75) is 57.8 Å². The van der Waals surface area contributed by atoms with E-state index in [1.54, 1.807) is 29.3 Å². The van der Waals surface area contributed by atoms with E-state index in [0.717, 1.165) is 98.7 Å². The van der Waals surface area contributed by atoms with Crippen molar-refractivity contribution in [3.05, 3.63) is 217 Å². The van der Waals surface area contributed by atoms with E-state index in [-0.39, 0.29) is 17.9 Å². The highest BCUT2D eigenvalue weighted by molar-refractivity contribution is 5.99. The zero-order chi connectivity index (χ0) is 50.5. The van der Waals surface area contributed by atoms with Gasteiger partial charge in [-0.3, -0.25) is 9.47 Å². The molecule has 368 valence electrons.